The second kappa shape index (κ2) is 8.07. The number of benzene rings is 2. The standard InChI is InChI=1S/C21H20ClFN2O2S/c1-24(13-14-4-2-3-5-17(14)25-8-10-27-11-9-25)21(26)20-19(22)16-7-6-15(23)12-18(16)28-20/h2-7,12H,8-11,13H2,1H3. The van der Waals surface area contributed by atoms with Crippen LogP contribution in [0, 0.1) is 5.82 Å². The summed E-state index contributed by atoms with van der Waals surface area (Å²) in [4.78, 5) is 17.4. The third-order valence-corrected chi connectivity index (χ3v) is 6.53. The van der Waals surface area contributed by atoms with E-state index in [-0.39, 0.29) is 11.7 Å². The fourth-order valence-corrected chi connectivity index (χ4v) is 4.97. The molecule has 4 rings (SSSR count). The van der Waals surface area contributed by atoms with Crippen LogP contribution in [0.2, 0.25) is 5.02 Å². The molecular formula is C21H20ClFN2O2S. The Labute approximate surface area is 172 Å². The topological polar surface area (TPSA) is 32.8 Å². The van der Waals surface area contributed by atoms with Crippen LogP contribution in [0.25, 0.3) is 10.1 Å². The molecular weight excluding hydrogens is 399 g/mol. The lowest BCUT2D eigenvalue weighted by molar-refractivity contribution is 0.0790. The van der Waals surface area contributed by atoms with Crippen molar-refractivity contribution in [1.82, 2.24) is 4.90 Å². The molecule has 1 fully saturated rings. The summed E-state index contributed by atoms with van der Waals surface area (Å²) in [5.74, 6) is -0.499. The number of halogens is 2. The first-order valence-electron chi connectivity index (χ1n) is 9.08. The first-order valence-corrected chi connectivity index (χ1v) is 10.3. The molecule has 3 aromatic rings. The highest BCUT2D eigenvalue weighted by molar-refractivity contribution is 7.21. The number of hydrogen-bond acceptors (Lipinski definition) is 4. The maximum atomic E-state index is 13.5. The molecule has 0 spiro atoms. The van der Waals surface area contributed by atoms with Crippen molar-refractivity contribution in [2.24, 2.45) is 0 Å². The summed E-state index contributed by atoms with van der Waals surface area (Å²) in [5, 5.41) is 1.09. The van der Waals surface area contributed by atoms with Gasteiger partial charge in [0.1, 0.15) is 10.7 Å². The van der Waals surface area contributed by atoms with Gasteiger partial charge < -0.3 is 14.5 Å². The number of hydrogen-bond donors (Lipinski definition) is 0. The van der Waals surface area contributed by atoms with Gasteiger partial charge in [-0.15, -0.1) is 11.3 Å². The molecule has 146 valence electrons. The minimum Gasteiger partial charge on any atom is -0.378 e. The van der Waals surface area contributed by atoms with E-state index < -0.39 is 0 Å². The summed E-state index contributed by atoms with van der Waals surface area (Å²) in [7, 11) is 1.76. The monoisotopic (exact) mass is 418 g/mol. The van der Waals surface area contributed by atoms with E-state index in [1.165, 1.54) is 23.5 Å². The molecule has 0 unspecified atom stereocenters. The Hall–Kier alpha value is -2.15. The minimum absolute atomic E-state index is 0.164. The fraction of sp³-hybridized carbons (Fsp3) is 0.286. The Morgan fingerprint density at radius 1 is 1.25 bits per heavy atom. The maximum absolute atomic E-state index is 13.5. The molecule has 2 aromatic carbocycles. The highest BCUT2D eigenvalue weighted by atomic mass is 35.5. The summed E-state index contributed by atoms with van der Waals surface area (Å²) >= 11 is 7.65. The normalized spacial score (nSPS) is 14.5. The Balaban J connectivity index is 1.58. The highest BCUT2D eigenvalue weighted by Crippen LogP contribution is 2.36. The molecule has 1 saturated heterocycles. The number of ether oxygens (including phenoxy) is 1. The van der Waals surface area contributed by atoms with Gasteiger partial charge in [0.05, 0.1) is 18.2 Å². The van der Waals surface area contributed by atoms with Gasteiger partial charge in [-0.1, -0.05) is 29.8 Å². The van der Waals surface area contributed by atoms with Gasteiger partial charge in [0, 0.05) is 42.5 Å². The van der Waals surface area contributed by atoms with Crippen molar-refractivity contribution in [2.45, 2.75) is 6.54 Å². The Kier molecular flexibility index (Phi) is 5.53. The van der Waals surface area contributed by atoms with E-state index in [4.69, 9.17) is 16.3 Å². The van der Waals surface area contributed by atoms with Crippen molar-refractivity contribution < 1.29 is 13.9 Å². The molecule has 0 N–H and O–H groups in total. The summed E-state index contributed by atoms with van der Waals surface area (Å²) in [5.41, 5.74) is 2.19. The number of carbonyl (C=O) groups excluding carboxylic acids is 1. The first kappa shape index (κ1) is 19.2. The van der Waals surface area contributed by atoms with Crippen LogP contribution in [0.5, 0.6) is 0 Å². The largest absolute Gasteiger partial charge is 0.378 e. The second-order valence-corrected chi connectivity index (χ2v) is 8.21. The lowest BCUT2D eigenvalue weighted by Crippen LogP contribution is -2.37. The second-order valence-electron chi connectivity index (χ2n) is 6.77. The van der Waals surface area contributed by atoms with Crippen molar-refractivity contribution >= 4 is 44.6 Å². The Morgan fingerprint density at radius 2 is 2.00 bits per heavy atom. The van der Waals surface area contributed by atoms with Crippen LogP contribution in [0.15, 0.2) is 42.5 Å². The van der Waals surface area contributed by atoms with Crippen molar-refractivity contribution in [1.29, 1.82) is 0 Å². The quantitative estimate of drug-likeness (QED) is 0.610. The van der Waals surface area contributed by atoms with Crippen LogP contribution in [0.3, 0.4) is 0 Å². The smallest absolute Gasteiger partial charge is 0.265 e. The highest BCUT2D eigenvalue weighted by Gasteiger charge is 2.22. The lowest BCUT2D eigenvalue weighted by Gasteiger charge is -2.31. The van der Waals surface area contributed by atoms with Gasteiger partial charge in [0.25, 0.3) is 5.91 Å². The predicted octanol–water partition coefficient (Wildman–Crippen LogP) is 4.80. The van der Waals surface area contributed by atoms with Gasteiger partial charge in [-0.2, -0.15) is 0 Å². The number of para-hydroxylation sites is 1. The summed E-state index contributed by atoms with van der Waals surface area (Å²) < 4.78 is 19.6. The molecule has 2 heterocycles. The van der Waals surface area contributed by atoms with E-state index >= 15 is 0 Å². The molecule has 28 heavy (non-hydrogen) atoms. The van der Waals surface area contributed by atoms with E-state index in [2.05, 4.69) is 11.0 Å². The van der Waals surface area contributed by atoms with Gasteiger partial charge in [0.2, 0.25) is 0 Å². The van der Waals surface area contributed by atoms with Crippen LogP contribution < -0.4 is 4.90 Å². The maximum Gasteiger partial charge on any atom is 0.265 e. The minimum atomic E-state index is -0.336. The summed E-state index contributed by atoms with van der Waals surface area (Å²) in [6, 6.07) is 12.5. The van der Waals surface area contributed by atoms with Gasteiger partial charge in [0.15, 0.2) is 0 Å². The summed E-state index contributed by atoms with van der Waals surface area (Å²) in [6.45, 7) is 3.55. The zero-order valence-corrected chi connectivity index (χ0v) is 17.0. The number of anilines is 1. The van der Waals surface area contributed by atoms with Crippen LogP contribution in [0.4, 0.5) is 10.1 Å². The van der Waals surface area contributed by atoms with E-state index in [1.807, 2.05) is 18.2 Å². The van der Waals surface area contributed by atoms with Crippen molar-refractivity contribution in [3.8, 4) is 0 Å². The SMILES string of the molecule is CN(Cc1ccccc1N1CCOCC1)C(=O)c1sc2cc(F)ccc2c1Cl. The third-order valence-electron chi connectivity index (χ3n) is 4.88. The van der Waals surface area contributed by atoms with Crippen molar-refractivity contribution in [3.05, 3.63) is 63.7 Å². The molecule has 0 aliphatic carbocycles. The summed E-state index contributed by atoms with van der Waals surface area (Å²) in [6.07, 6.45) is 0. The number of amides is 1. The van der Waals surface area contributed by atoms with E-state index in [1.54, 1.807) is 18.0 Å². The fourth-order valence-electron chi connectivity index (χ4n) is 3.43. The molecule has 7 heteroatoms. The van der Waals surface area contributed by atoms with Crippen LogP contribution in [-0.4, -0.2) is 44.2 Å². The molecule has 0 atom stereocenters. The van der Waals surface area contributed by atoms with Crippen molar-refractivity contribution in [2.75, 3.05) is 38.3 Å². The molecule has 0 bridgehead atoms. The van der Waals surface area contributed by atoms with Crippen LogP contribution >= 0.6 is 22.9 Å². The number of carbonyl (C=O) groups is 1. The number of thiophene rings is 1. The Morgan fingerprint density at radius 3 is 2.79 bits per heavy atom. The zero-order valence-electron chi connectivity index (χ0n) is 15.5. The predicted molar refractivity (Wildman–Crippen MR) is 112 cm³/mol. The molecule has 0 saturated carbocycles. The molecule has 1 aliphatic rings. The lowest BCUT2D eigenvalue weighted by atomic mass is 10.1. The number of nitrogens with zero attached hydrogens (tertiary/aromatic N) is 2. The first-order chi connectivity index (χ1) is 13.5. The molecule has 4 nitrogen and oxygen atoms in total. The van der Waals surface area contributed by atoms with E-state index in [0.29, 0.717) is 39.7 Å². The molecule has 1 amide bonds. The third kappa shape index (κ3) is 3.72. The van der Waals surface area contributed by atoms with Gasteiger partial charge >= 0.3 is 0 Å². The van der Waals surface area contributed by atoms with E-state index in [0.717, 1.165) is 24.3 Å². The molecule has 1 aromatic heterocycles. The van der Waals surface area contributed by atoms with Crippen LogP contribution in [0.1, 0.15) is 15.2 Å². The van der Waals surface area contributed by atoms with Gasteiger partial charge in [-0.3, -0.25) is 4.79 Å². The number of fused-ring (bicyclic) bond motifs is 1. The van der Waals surface area contributed by atoms with E-state index in [9.17, 15) is 9.18 Å². The van der Waals surface area contributed by atoms with Gasteiger partial charge in [-0.25, -0.2) is 4.39 Å². The number of morpholine rings is 1. The molecule has 0 radical (unpaired) electrons. The van der Waals surface area contributed by atoms with Crippen molar-refractivity contribution in [3.63, 3.8) is 0 Å². The molecule has 1 aliphatic heterocycles. The Bertz CT molecular complexity index is 1020. The van der Waals surface area contributed by atoms with Crippen LogP contribution in [-0.2, 0) is 11.3 Å². The average Bonchev–Trinajstić information content (AvgIpc) is 3.04. The van der Waals surface area contributed by atoms with Gasteiger partial charge in [-0.05, 0) is 29.8 Å². The zero-order chi connectivity index (χ0) is 19.7. The number of rotatable bonds is 4. The average molecular weight is 419 g/mol.